The van der Waals surface area contributed by atoms with Gasteiger partial charge in [0, 0.05) is 37.7 Å². The molecule has 330 valence electrons. The Hall–Kier alpha value is -6.30. The summed E-state index contributed by atoms with van der Waals surface area (Å²) in [5.74, 6) is -5.97. The van der Waals surface area contributed by atoms with Crippen LogP contribution in [0.1, 0.15) is 70.7 Å². The van der Waals surface area contributed by atoms with Crippen molar-refractivity contribution in [2.24, 2.45) is 17.6 Å². The van der Waals surface area contributed by atoms with Crippen LogP contribution in [0.3, 0.4) is 0 Å². The number of aromatic hydroxyl groups is 1. The first-order chi connectivity index (χ1) is 29.0. The first kappa shape index (κ1) is 47.4. The van der Waals surface area contributed by atoms with E-state index in [1.54, 1.807) is 63.2 Å². The lowest BCUT2D eigenvalue weighted by Crippen LogP contribution is -2.61. The number of amides is 6. The summed E-state index contributed by atoms with van der Waals surface area (Å²) >= 11 is 0. The van der Waals surface area contributed by atoms with Gasteiger partial charge in [-0.05, 0) is 54.9 Å². The van der Waals surface area contributed by atoms with Gasteiger partial charge in [-0.25, -0.2) is 9.78 Å². The number of aromatic nitrogens is 2. The number of benzene rings is 2. The van der Waals surface area contributed by atoms with Crippen molar-refractivity contribution in [1.29, 1.82) is 0 Å². The van der Waals surface area contributed by atoms with Crippen LogP contribution in [-0.2, 0) is 52.8 Å². The molecule has 1 aliphatic rings. The number of carboxylic acids is 1. The van der Waals surface area contributed by atoms with Gasteiger partial charge in [0.25, 0.3) is 0 Å². The van der Waals surface area contributed by atoms with Crippen LogP contribution in [0.2, 0.25) is 0 Å². The van der Waals surface area contributed by atoms with E-state index in [-0.39, 0.29) is 38.0 Å². The van der Waals surface area contributed by atoms with Gasteiger partial charge in [-0.2, -0.15) is 0 Å². The number of hydrogen-bond acceptors (Lipinski definition) is 10. The Balaban J connectivity index is 1.57. The zero-order valence-electron chi connectivity index (χ0n) is 35.2. The average Bonchev–Trinajstić information content (AvgIpc) is 3.94. The molecule has 1 aromatic heterocycles. The summed E-state index contributed by atoms with van der Waals surface area (Å²) in [6, 6.07) is 6.97. The van der Waals surface area contributed by atoms with Gasteiger partial charge in [0.15, 0.2) is 0 Å². The SMILES string of the molecule is CC[C@H](C)[C@H](NC(=O)[C@H](Cc1ccc(O)cc1)NC(=O)[C@@H](NC(=O)[C@H](C)N)C(C)C)C(=O)N[C@@H](Cc1cnc[nH]1)C(=O)N1CCC[C@H]1C(=O)N[C@@H](Cc1ccccc1)C(=O)O. The number of H-pyrrole nitrogens is 1. The first-order valence-electron chi connectivity index (χ1n) is 20.6. The number of rotatable bonds is 21. The Morgan fingerprint density at radius 1 is 0.770 bits per heavy atom. The van der Waals surface area contributed by atoms with Crippen molar-refractivity contribution in [3.05, 3.63) is 83.9 Å². The molecule has 0 spiro atoms. The number of carbonyl (C=O) groups excluding carboxylic acids is 6. The highest BCUT2D eigenvalue weighted by Gasteiger charge is 2.41. The monoisotopic (exact) mass is 845 g/mol. The summed E-state index contributed by atoms with van der Waals surface area (Å²) in [7, 11) is 0. The fraction of sp³-hybridized carbons (Fsp3) is 0.488. The fourth-order valence-electron chi connectivity index (χ4n) is 7.01. The number of nitrogens with zero attached hydrogens (tertiary/aromatic N) is 2. The maximum atomic E-state index is 14.4. The largest absolute Gasteiger partial charge is 0.508 e. The quantitative estimate of drug-likeness (QED) is 0.0720. The molecule has 0 radical (unpaired) electrons. The van der Waals surface area contributed by atoms with Crippen LogP contribution in [0.5, 0.6) is 5.75 Å². The Morgan fingerprint density at radius 2 is 1.38 bits per heavy atom. The molecule has 61 heavy (non-hydrogen) atoms. The van der Waals surface area contributed by atoms with Gasteiger partial charge in [-0.15, -0.1) is 0 Å². The van der Waals surface area contributed by atoms with Gasteiger partial charge >= 0.3 is 5.97 Å². The standard InChI is InChI=1S/C43H59N9O9/c1-6-25(4)36(51-38(55)31(19-28-14-16-30(53)17-15-28)47-40(57)35(24(2)3)50-37(54)26(5)44)41(58)48-32(21-29-22-45-23-46-29)42(59)52-18-10-13-34(52)39(56)49-33(43(60)61)20-27-11-8-7-9-12-27/h7-9,11-12,14-17,22-26,31-36,53H,6,10,13,18-21,44H2,1-5H3,(H,45,46)(H,47,57)(H,48,58)(H,49,56)(H,50,54)(H,51,55)(H,60,61)/t25-,26-,31-,32-,33-,34-,35-,36-/m0/s1. The van der Waals surface area contributed by atoms with Gasteiger partial charge in [-0.3, -0.25) is 28.8 Å². The molecule has 2 aromatic carbocycles. The van der Waals surface area contributed by atoms with Crippen molar-refractivity contribution in [2.75, 3.05) is 6.54 Å². The molecular formula is C43H59N9O9. The van der Waals surface area contributed by atoms with E-state index in [1.807, 2.05) is 6.92 Å². The highest BCUT2D eigenvalue weighted by molar-refractivity contribution is 5.97. The average molecular weight is 846 g/mol. The summed E-state index contributed by atoms with van der Waals surface area (Å²) in [5.41, 5.74) is 7.53. The normalized spacial score (nSPS) is 17.2. The molecule has 0 aliphatic carbocycles. The molecule has 6 amide bonds. The summed E-state index contributed by atoms with van der Waals surface area (Å²) in [5, 5.41) is 33.4. The first-order valence-corrected chi connectivity index (χ1v) is 20.6. The second-order valence-electron chi connectivity index (χ2n) is 15.9. The Bertz CT molecular complexity index is 1960. The van der Waals surface area contributed by atoms with Crippen molar-refractivity contribution in [3.8, 4) is 5.75 Å². The van der Waals surface area contributed by atoms with E-state index in [2.05, 4.69) is 36.6 Å². The predicted octanol–water partition coefficient (Wildman–Crippen LogP) is 0.692. The third-order valence-corrected chi connectivity index (χ3v) is 10.8. The molecule has 0 bridgehead atoms. The fourth-order valence-corrected chi connectivity index (χ4v) is 7.01. The number of hydrogen-bond donors (Lipinski definition) is 9. The second-order valence-corrected chi connectivity index (χ2v) is 15.9. The number of aromatic amines is 1. The van der Waals surface area contributed by atoms with E-state index < -0.39 is 95.5 Å². The van der Waals surface area contributed by atoms with Crippen molar-refractivity contribution >= 4 is 41.4 Å². The third-order valence-electron chi connectivity index (χ3n) is 10.8. The second kappa shape index (κ2) is 22.3. The molecule has 0 unspecified atom stereocenters. The minimum absolute atomic E-state index is 0.00610. The highest BCUT2D eigenvalue weighted by atomic mass is 16.4. The zero-order chi connectivity index (χ0) is 44.8. The molecule has 10 N–H and O–H groups in total. The van der Waals surface area contributed by atoms with Crippen LogP contribution in [-0.4, -0.2) is 115 Å². The van der Waals surface area contributed by atoms with Gasteiger partial charge in [0.05, 0.1) is 12.4 Å². The van der Waals surface area contributed by atoms with Gasteiger partial charge < -0.3 is 52.4 Å². The number of nitrogens with one attached hydrogen (secondary N) is 6. The number of phenolic OH excluding ortho intramolecular Hbond substituents is 1. The minimum atomic E-state index is -1.26. The predicted molar refractivity (Wildman–Crippen MR) is 224 cm³/mol. The summed E-state index contributed by atoms with van der Waals surface area (Å²) in [6.07, 6.45) is 3.99. The molecule has 1 fully saturated rings. The number of carboxylic acid groups (broad SMARTS) is 1. The molecule has 18 heteroatoms. The molecular weight excluding hydrogens is 787 g/mol. The maximum Gasteiger partial charge on any atom is 0.326 e. The van der Waals surface area contributed by atoms with Crippen molar-refractivity contribution in [3.63, 3.8) is 0 Å². The van der Waals surface area contributed by atoms with Gasteiger partial charge in [-0.1, -0.05) is 76.6 Å². The van der Waals surface area contributed by atoms with Crippen molar-refractivity contribution < 1.29 is 43.8 Å². The van der Waals surface area contributed by atoms with E-state index in [0.29, 0.717) is 29.7 Å². The Labute approximate surface area is 355 Å². The van der Waals surface area contributed by atoms with Crippen LogP contribution in [0.4, 0.5) is 0 Å². The van der Waals surface area contributed by atoms with E-state index in [0.717, 1.165) is 0 Å². The van der Waals surface area contributed by atoms with E-state index in [4.69, 9.17) is 5.73 Å². The van der Waals surface area contributed by atoms with Gasteiger partial charge in [0.2, 0.25) is 35.4 Å². The van der Waals surface area contributed by atoms with Crippen molar-refractivity contribution in [1.82, 2.24) is 41.5 Å². The van der Waals surface area contributed by atoms with Crippen LogP contribution in [0.25, 0.3) is 0 Å². The van der Waals surface area contributed by atoms with Crippen LogP contribution in [0.15, 0.2) is 67.1 Å². The van der Waals surface area contributed by atoms with E-state index >= 15 is 0 Å². The number of aliphatic carboxylic acids is 1. The topological polar surface area (TPSA) is 278 Å². The summed E-state index contributed by atoms with van der Waals surface area (Å²) < 4.78 is 0. The number of imidazole rings is 1. The molecule has 2 heterocycles. The third kappa shape index (κ3) is 13.6. The maximum absolute atomic E-state index is 14.4. The Morgan fingerprint density at radius 3 is 1.97 bits per heavy atom. The smallest absolute Gasteiger partial charge is 0.326 e. The van der Waals surface area contributed by atoms with Gasteiger partial charge in [0.1, 0.15) is 42.0 Å². The lowest BCUT2D eigenvalue weighted by Gasteiger charge is -2.32. The Kier molecular flexibility index (Phi) is 17.4. The number of nitrogens with two attached hydrogens (primary N) is 1. The van der Waals surface area contributed by atoms with Crippen LogP contribution < -0.4 is 32.3 Å². The lowest BCUT2D eigenvalue weighted by atomic mass is 9.96. The molecule has 0 saturated carbocycles. The minimum Gasteiger partial charge on any atom is -0.508 e. The number of phenols is 1. The summed E-state index contributed by atoms with van der Waals surface area (Å²) in [4.78, 5) is 103. The molecule has 18 nitrogen and oxygen atoms in total. The molecule has 3 aromatic rings. The number of carbonyl (C=O) groups is 7. The number of likely N-dealkylation sites (tertiary alicyclic amines) is 1. The summed E-state index contributed by atoms with van der Waals surface area (Å²) in [6.45, 7) is 8.67. The van der Waals surface area contributed by atoms with E-state index in [9.17, 15) is 43.8 Å². The van der Waals surface area contributed by atoms with Crippen LogP contribution in [0, 0.1) is 11.8 Å². The molecule has 8 atom stereocenters. The van der Waals surface area contributed by atoms with Crippen molar-refractivity contribution in [2.45, 2.75) is 115 Å². The highest BCUT2D eigenvalue weighted by Crippen LogP contribution is 2.21. The lowest BCUT2D eigenvalue weighted by molar-refractivity contribution is -0.145. The van der Waals surface area contributed by atoms with E-state index in [1.165, 1.54) is 36.5 Å². The molecule has 4 rings (SSSR count). The zero-order valence-corrected chi connectivity index (χ0v) is 35.2. The molecule has 1 saturated heterocycles. The van der Waals surface area contributed by atoms with Crippen LogP contribution >= 0.6 is 0 Å². The molecule has 1 aliphatic heterocycles.